The molecule has 0 unspecified atom stereocenters. The standard InChI is InChI=1S/C24H32N4O2/c1-23-9-7-16(29)11-15(23)3-4-17-18-5-6-20(24(18,2)10-8-19(17)23)22(30)27-21-14(12-25)13-26-28-21/h3,13,16-20,29H,4-11H2,1-2H3,(H2,26,27,28,30)/t16-,17-,18-,19-,20+,23-,24-/m0/s1. The van der Waals surface area contributed by atoms with Crippen LogP contribution in [-0.2, 0) is 4.79 Å². The molecule has 0 aliphatic heterocycles. The topological polar surface area (TPSA) is 102 Å². The average Bonchev–Trinajstić information content (AvgIpc) is 3.31. The fraction of sp³-hybridized carbons (Fsp3) is 0.708. The Hall–Kier alpha value is -2.13. The van der Waals surface area contributed by atoms with Gasteiger partial charge in [-0.15, -0.1) is 0 Å². The maximum Gasteiger partial charge on any atom is 0.229 e. The SMILES string of the molecule is C[C@]12CC[C@H]3[C@@H](CC=C4C[C@@H](O)CC[C@@]43C)[C@@H]1CC[C@@H]2C(=O)Nc1[nH]ncc1C#N. The molecule has 1 heterocycles. The van der Waals surface area contributed by atoms with E-state index in [2.05, 4.69) is 41.5 Å². The minimum Gasteiger partial charge on any atom is -0.393 e. The lowest BCUT2D eigenvalue weighted by Gasteiger charge is -2.57. The van der Waals surface area contributed by atoms with Crippen molar-refractivity contribution in [2.75, 3.05) is 5.32 Å². The number of aromatic nitrogens is 2. The zero-order valence-corrected chi connectivity index (χ0v) is 17.9. The Morgan fingerprint density at radius 1 is 1.27 bits per heavy atom. The molecule has 1 amide bonds. The summed E-state index contributed by atoms with van der Waals surface area (Å²) < 4.78 is 0. The highest BCUT2D eigenvalue weighted by atomic mass is 16.3. The second-order valence-electron chi connectivity index (χ2n) is 10.6. The third kappa shape index (κ3) is 2.78. The Morgan fingerprint density at radius 3 is 2.90 bits per heavy atom. The van der Waals surface area contributed by atoms with Gasteiger partial charge in [0.2, 0.25) is 5.91 Å². The van der Waals surface area contributed by atoms with E-state index in [1.165, 1.54) is 18.2 Å². The molecule has 30 heavy (non-hydrogen) atoms. The Morgan fingerprint density at radius 2 is 2.10 bits per heavy atom. The van der Waals surface area contributed by atoms with Crippen molar-refractivity contribution < 1.29 is 9.90 Å². The number of amides is 1. The molecule has 4 aliphatic carbocycles. The molecule has 1 aromatic heterocycles. The minimum absolute atomic E-state index is 0.00790. The quantitative estimate of drug-likeness (QED) is 0.640. The van der Waals surface area contributed by atoms with Gasteiger partial charge in [0.05, 0.1) is 12.3 Å². The molecule has 0 radical (unpaired) electrons. The van der Waals surface area contributed by atoms with Crippen LogP contribution in [0.1, 0.15) is 70.8 Å². The van der Waals surface area contributed by atoms with E-state index in [-0.39, 0.29) is 28.8 Å². The molecule has 7 atom stereocenters. The van der Waals surface area contributed by atoms with Crippen LogP contribution in [0, 0.1) is 45.8 Å². The van der Waals surface area contributed by atoms with Gasteiger partial charge in [0.25, 0.3) is 0 Å². The fourth-order valence-electron chi connectivity index (χ4n) is 7.75. The van der Waals surface area contributed by atoms with Gasteiger partial charge in [-0.1, -0.05) is 25.5 Å². The number of nitrogens with zero attached hydrogens (tertiary/aromatic N) is 2. The largest absolute Gasteiger partial charge is 0.393 e. The van der Waals surface area contributed by atoms with E-state index in [1.54, 1.807) is 0 Å². The van der Waals surface area contributed by atoms with E-state index >= 15 is 0 Å². The zero-order valence-electron chi connectivity index (χ0n) is 17.9. The summed E-state index contributed by atoms with van der Waals surface area (Å²) in [7, 11) is 0. The molecular formula is C24H32N4O2. The van der Waals surface area contributed by atoms with E-state index in [1.807, 2.05) is 0 Å². The molecule has 6 heteroatoms. The second kappa shape index (κ2) is 6.95. The van der Waals surface area contributed by atoms with Crippen molar-refractivity contribution in [2.45, 2.75) is 71.3 Å². The molecule has 3 fully saturated rings. The van der Waals surface area contributed by atoms with E-state index in [4.69, 9.17) is 0 Å². The van der Waals surface area contributed by atoms with Crippen LogP contribution < -0.4 is 5.32 Å². The fourth-order valence-corrected chi connectivity index (χ4v) is 7.75. The zero-order chi connectivity index (χ0) is 21.1. The van der Waals surface area contributed by atoms with Crippen LogP contribution in [-0.4, -0.2) is 27.3 Å². The van der Waals surface area contributed by atoms with E-state index in [9.17, 15) is 15.2 Å². The van der Waals surface area contributed by atoms with E-state index < -0.39 is 0 Å². The van der Waals surface area contributed by atoms with Crippen molar-refractivity contribution in [3.63, 3.8) is 0 Å². The number of H-pyrrole nitrogens is 1. The number of nitrogens with one attached hydrogen (secondary N) is 2. The van der Waals surface area contributed by atoms with Gasteiger partial charge in [0.15, 0.2) is 0 Å². The van der Waals surface area contributed by atoms with E-state index in [0.29, 0.717) is 29.1 Å². The smallest absolute Gasteiger partial charge is 0.229 e. The Kier molecular flexibility index (Phi) is 4.59. The lowest BCUT2D eigenvalue weighted by molar-refractivity contribution is -0.126. The van der Waals surface area contributed by atoms with Gasteiger partial charge in [-0.3, -0.25) is 9.89 Å². The molecule has 0 spiro atoms. The predicted octanol–water partition coefficient (Wildman–Crippen LogP) is 4.16. The summed E-state index contributed by atoms with van der Waals surface area (Å²) in [5.74, 6) is 2.28. The number of carbonyl (C=O) groups is 1. The molecule has 1 aromatic rings. The Bertz CT molecular complexity index is 930. The van der Waals surface area contributed by atoms with Gasteiger partial charge in [0, 0.05) is 5.92 Å². The molecule has 3 saturated carbocycles. The van der Waals surface area contributed by atoms with Crippen LogP contribution in [0.4, 0.5) is 5.82 Å². The number of aliphatic hydroxyl groups is 1. The number of aromatic amines is 1. The number of carbonyl (C=O) groups excluding carboxylic acids is 1. The molecular weight excluding hydrogens is 376 g/mol. The minimum atomic E-state index is -0.171. The van der Waals surface area contributed by atoms with Crippen LogP contribution in [0.3, 0.4) is 0 Å². The van der Waals surface area contributed by atoms with Gasteiger partial charge in [0.1, 0.15) is 17.5 Å². The third-order valence-electron chi connectivity index (χ3n) is 9.40. The highest BCUT2D eigenvalue weighted by molar-refractivity contribution is 5.93. The Balaban J connectivity index is 1.38. The number of anilines is 1. The number of rotatable bonds is 2. The van der Waals surface area contributed by atoms with Crippen LogP contribution in [0.5, 0.6) is 0 Å². The number of hydrogen-bond donors (Lipinski definition) is 3. The summed E-state index contributed by atoms with van der Waals surface area (Å²) in [4.78, 5) is 13.2. The molecule has 5 rings (SSSR count). The van der Waals surface area contributed by atoms with Crippen molar-refractivity contribution in [1.82, 2.24) is 10.2 Å². The highest BCUT2D eigenvalue weighted by Crippen LogP contribution is 2.66. The van der Waals surface area contributed by atoms with Crippen LogP contribution in [0.15, 0.2) is 17.8 Å². The maximum atomic E-state index is 13.2. The number of fused-ring (bicyclic) bond motifs is 5. The normalized spacial score (nSPS) is 42.3. The van der Waals surface area contributed by atoms with Crippen LogP contribution in [0.25, 0.3) is 0 Å². The average molecular weight is 409 g/mol. The van der Waals surface area contributed by atoms with Gasteiger partial charge >= 0.3 is 0 Å². The summed E-state index contributed by atoms with van der Waals surface area (Å²) in [6.07, 6.45) is 11.9. The molecule has 3 N–H and O–H groups in total. The summed E-state index contributed by atoms with van der Waals surface area (Å²) >= 11 is 0. The lowest BCUT2D eigenvalue weighted by Crippen LogP contribution is -2.51. The van der Waals surface area contributed by atoms with Gasteiger partial charge in [-0.2, -0.15) is 10.4 Å². The van der Waals surface area contributed by atoms with E-state index in [0.717, 1.165) is 44.9 Å². The van der Waals surface area contributed by atoms with Crippen molar-refractivity contribution in [3.8, 4) is 6.07 Å². The molecule has 0 aromatic carbocycles. The van der Waals surface area contributed by atoms with Crippen molar-refractivity contribution in [2.24, 2.45) is 34.5 Å². The lowest BCUT2D eigenvalue weighted by atomic mass is 9.47. The number of nitriles is 1. The number of hydrogen-bond acceptors (Lipinski definition) is 4. The molecule has 4 aliphatic rings. The van der Waals surface area contributed by atoms with Crippen LogP contribution in [0.2, 0.25) is 0 Å². The number of aliphatic hydroxyl groups excluding tert-OH is 1. The maximum absolute atomic E-state index is 13.2. The summed E-state index contributed by atoms with van der Waals surface area (Å²) in [5, 5.41) is 29.0. The second-order valence-corrected chi connectivity index (χ2v) is 10.6. The van der Waals surface area contributed by atoms with Crippen molar-refractivity contribution in [1.29, 1.82) is 5.26 Å². The molecule has 0 bridgehead atoms. The van der Waals surface area contributed by atoms with Crippen molar-refractivity contribution in [3.05, 3.63) is 23.4 Å². The first-order valence-corrected chi connectivity index (χ1v) is 11.5. The monoisotopic (exact) mass is 408 g/mol. The molecule has 0 saturated heterocycles. The third-order valence-corrected chi connectivity index (χ3v) is 9.40. The van der Waals surface area contributed by atoms with Gasteiger partial charge in [-0.25, -0.2) is 0 Å². The van der Waals surface area contributed by atoms with Gasteiger partial charge < -0.3 is 10.4 Å². The van der Waals surface area contributed by atoms with Crippen molar-refractivity contribution >= 4 is 11.7 Å². The highest BCUT2D eigenvalue weighted by Gasteiger charge is 2.59. The summed E-state index contributed by atoms with van der Waals surface area (Å²) in [6, 6.07) is 2.08. The first-order valence-electron chi connectivity index (χ1n) is 11.5. The summed E-state index contributed by atoms with van der Waals surface area (Å²) in [5.41, 5.74) is 2.10. The predicted molar refractivity (Wildman–Crippen MR) is 113 cm³/mol. The molecule has 6 nitrogen and oxygen atoms in total. The first kappa shape index (κ1) is 19.8. The first-order chi connectivity index (χ1) is 14.4. The van der Waals surface area contributed by atoms with Crippen LogP contribution >= 0.6 is 0 Å². The van der Waals surface area contributed by atoms with Gasteiger partial charge in [-0.05, 0) is 80.0 Å². The number of allylic oxidation sites excluding steroid dienone is 1. The summed E-state index contributed by atoms with van der Waals surface area (Å²) in [6.45, 7) is 4.76. The Labute approximate surface area is 178 Å². The molecule has 160 valence electrons.